The first kappa shape index (κ1) is 12.6. The molecule has 2 saturated heterocycles. The number of fused-ring (bicyclic) bond motifs is 2. The Labute approximate surface area is 113 Å². The second-order valence-corrected chi connectivity index (χ2v) is 5.32. The minimum Gasteiger partial charge on any atom is -0.497 e. The normalized spacial score (nSPS) is 27.3. The van der Waals surface area contributed by atoms with E-state index in [1.165, 1.54) is 5.56 Å². The van der Waals surface area contributed by atoms with E-state index in [2.05, 4.69) is 17.0 Å². The fourth-order valence-electron chi connectivity index (χ4n) is 3.03. The molecule has 0 aromatic heterocycles. The average molecular weight is 261 g/mol. The molecule has 2 aliphatic rings. The number of carbonyl (C=O) groups excluding carboxylic acids is 1. The fraction of sp³-hybridized carbons (Fsp3) is 0.533. The maximum atomic E-state index is 11.7. The van der Waals surface area contributed by atoms with Gasteiger partial charge in [-0.15, -0.1) is 0 Å². The molecule has 0 radical (unpaired) electrons. The second kappa shape index (κ2) is 5.31. The van der Waals surface area contributed by atoms with Crippen LogP contribution in [0.1, 0.15) is 18.4 Å². The number of benzene rings is 1. The Kier molecular flexibility index (Phi) is 3.53. The van der Waals surface area contributed by atoms with E-state index >= 15 is 0 Å². The van der Waals surface area contributed by atoms with Crippen molar-refractivity contribution in [3.05, 3.63) is 29.8 Å². The molecule has 2 heterocycles. The van der Waals surface area contributed by atoms with Crippen LogP contribution in [0.3, 0.4) is 0 Å². The van der Waals surface area contributed by atoms with E-state index in [9.17, 15) is 4.79 Å². The highest BCUT2D eigenvalue weighted by Crippen LogP contribution is 2.27. The van der Waals surface area contributed by atoms with E-state index < -0.39 is 0 Å². The fourth-order valence-corrected chi connectivity index (χ4v) is 3.03. The van der Waals surface area contributed by atoms with Gasteiger partial charge in [0.1, 0.15) is 11.5 Å². The van der Waals surface area contributed by atoms with Crippen LogP contribution in [0.25, 0.3) is 0 Å². The van der Waals surface area contributed by atoms with E-state index in [0.29, 0.717) is 31.8 Å². The summed E-state index contributed by atoms with van der Waals surface area (Å²) in [6.45, 7) is 2.21. The van der Waals surface area contributed by atoms with Gasteiger partial charge in [-0.05, 0) is 17.7 Å². The Morgan fingerprint density at radius 1 is 1.32 bits per heavy atom. The summed E-state index contributed by atoms with van der Waals surface area (Å²) in [4.78, 5) is 14.1. The third kappa shape index (κ3) is 2.65. The van der Waals surface area contributed by atoms with E-state index in [4.69, 9.17) is 9.47 Å². The third-order valence-corrected chi connectivity index (χ3v) is 3.98. The first-order valence-electron chi connectivity index (χ1n) is 6.74. The smallest absolute Gasteiger partial charge is 0.136 e. The van der Waals surface area contributed by atoms with Gasteiger partial charge in [-0.3, -0.25) is 9.69 Å². The number of Topliss-reactive ketones (excluding diaryl/α,β-unsaturated/α-hetero) is 1. The van der Waals surface area contributed by atoms with Crippen LogP contribution in [-0.2, 0) is 16.1 Å². The summed E-state index contributed by atoms with van der Waals surface area (Å²) in [5.74, 6) is 1.26. The van der Waals surface area contributed by atoms with E-state index in [1.807, 2.05) is 12.1 Å². The number of methoxy groups -OCH3 is 1. The summed E-state index contributed by atoms with van der Waals surface area (Å²) in [5.41, 5.74) is 1.23. The van der Waals surface area contributed by atoms with Gasteiger partial charge in [-0.25, -0.2) is 0 Å². The Hall–Kier alpha value is -1.39. The first-order valence-corrected chi connectivity index (χ1v) is 6.74. The van der Waals surface area contributed by atoms with Crippen molar-refractivity contribution in [2.24, 2.45) is 0 Å². The molecule has 0 amide bonds. The number of hydrogen-bond acceptors (Lipinski definition) is 4. The zero-order valence-corrected chi connectivity index (χ0v) is 11.2. The highest BCUT2D eigenvalue weighted by molar-refractivity contribution is 5.80. The number of morpholine rings is 1. The first-order chi connectivity index (χ1) is 9.26. The van der Waals surface area contributed by atoms with Gasteiger partial charge in [0.15, 0.2) is 0 Å². The molecule has 2 fully saturated rings. The minimum absolute atomic E-state index is 0.242. The molecular formula is C15H19NO3. The topological polar surface area (TPSA) is 38.8 Å². The summed E-state index contributed by atoms with van der Waals surface area (Å²) in [5, 5.41) is 0. The van der Waals surface area contributed by atoms with Gasteiger partial charge in [0.25, 0.3) is 0 Å². The lowest BCUT2D eigenvalue weighted by Gasteiger charge is -2.45. The molecule has 1 aromatic carbocycles. The molecule has 2 bridgehead atoms. The monoisotopic (exact) mass is 261 g/mol. The molecule has 0 saturated carbocycles. The number of ketones is 1. The van der Waals surface area contributed by atoms with Crippen LogP contribution in [0.2, 0.25) is 0 Å². The summed E-state index contributed by atoms with van der Waals surface area (Å²) in [6, 6.07) is 8.61. The lowest BCUT2D eigenvalue weighted by Crippen LogP contribution is -2.56. The van der Waals surface area contributed by atoms with E-state index in [0.717, 1.165) is 12.3 Å². The molecule has 0 spiro atoms. The van der Waals surface area contributed by atoms with Crippen molar-refractivity contribution in [2.45, 2.75) is 31.5 Å². The van der Waals surface area contributed by atoms with Gasteiger partial charge in [0.2, 0.25) is 0 Å². The summed E-state index contributed by atoms with van der Waals surface area (Å²) >= 11 is 0. The molecule has 2 unspecified atom stereocenters. The van der Waals surface area contributed by atoms with Crippen LogP contribution in [0, 0.1) is 0 Å². The van der Waals surface area contributed by atoms with Gasteiger partial charge < -0.3 is 9.47 Å². The van der Waals surface area contributed by atoms with Crippen molar-refractivity contribution in [1.29, 1.82) is 0 Å². The maximum absolute atomic E-state index is 11.7. The Balaban J connectivity index is 1.76. The van der Waals surface area contributed by atoms with Gasteiger partial charge in [0.05, 0.1) is 20.3 Å². The van der Waals surface area contributed by atoms with Crippen molar-refractivity contribution in [2.75, 3.05) is 20.3 Å². The molecule has 1 aromatic rings. The second-order valence-electron chi connectivity index (χ2n) is 5.32. The van der Waals surface area contributed by atoms with Crippen molar-refractivity contribution in [3.8, 4) is 5.75 Å². The third-order valence-electron chi connectivity index (χ3n) is 3.98. The number of ether oxygens (including phenoxy) is 2. The zero-order chi connectivity index (χ0) is 13.2. The van der Waals surface area contributed by atoms with Crippen LogP contribution in [0.4, 0.5) is 0 Å². The summed E-state index contributed by atoms with van der Waals surface area (Å²) < 4.78 is 10.8. The molecule has 4 nitrogen and oxygen atoms in total. The van der Waals surface area contributed by atoms with Crippen molar-refractivity contribution >= 4 is 5.78 Å². The van der Waals surface area contributed by atoms with Crippen molar-refractivity contribution < 1.29 is 14.3 Å². The summed E-state index contributed by atoms with van der Waals surface area (Å²) in [7, 11) is 1.68. The number of hydrogen-bond donors (Lipinski definition) is 0. The number of rotatable bonds is 3. The van der Waals surface area contributed by atoms with Crippen molar-refractivity contribution in [1.82, 2.24) is 4.90 Å². The van der Waals surface area contributed by atoms with Gasteiger partial charge in [-0.1, -0.05) is 12.1 Å². The quantitative estimate of drug-likeness (QED) is 0.829. The van der Waals surface area contributed by atoms with Crippen LogP contribution < -0.4 is 4.74 Å². The number of piperidine rings is 1. The number of nitrogens with zero attached hydrogens (tertiary/aromatic N) is 1. The van der Waals surface area contributed by atoms with E-state index in [-0.39, 0.29) is 12.1 Å². The van der Waals surface area contributed by atoms with Crippen LogP contribution >= 0.6 is 0 Å². The van der Waals surface area contributed by atoms with Gasteiger partial charge in [-0.2, -0.15) is 0 Å². The highest BCUT2D eigenvalue weighted by Gasteiger charge is 2.38. The molecular weight excluding hydrogens is 242 g/mol. The van der Waals surface area contributed by atoms with Gasteiger partial charge in [0, 0.05) is 31.5 Å². The van der Waals surface area contributed by atoms with Crippen LogP contribution in [0.15, 0.2) is 24.3 Å². The van der Waals surface area contributed by atoms with Crippen molar-refractivity contribution in [3.63, 3.8) is 0 Å². The summed E-state index contributed by atoms with van der Waals surface area (Å²) in [6.07, 6.45) is 1.25. The largest absolute Gasteiger partial charge is 0.497 e. The predicted molar refractivity (Wildman–Crippen MR) is 71.2 cm³/mol. The molecule has 2 atom stereocenters. The number of carbonyl (C=O) groups is 1. The van der Waals surface area contributed by atoms with Crippen LogP contribution in [0.5, 0.6) is 5.75 Å². The Morgan fingerprint density at radius 3 is 2.74 bits per heavy atom. The lowest BCUT2D eigenvalue weighted by molar-refractivity contribution is -0.136. The molecule has 0 N–H and O–H groups in total. The Bertz CT molecular complexity index is 458. The minimum atomic E-state index is 0.242. The van der Waals surface area contributed by atoms with Gasteiger partial charge >= 0.3 is 0 Å². The molecule has 19 heavy (non-hydrogen) atoms. The lowest BCUT2D eigenvalue weighted by atomic mass is 9.92. The molecule has 102 valence electrons. The molecule has 4 heteroatoms. The van der Waals surface area contributed by atoms with Crippen LogP contribution in [-0.4, -0.2) is 43.1 Å². The molecule has 2 aliphatic heterocycles. The Morgan fingerprint density at radius 2 is 2.05 bits per heavy atom. The highest BCUT2D eigenvalue weighted by atomic mass is 16.5. The molecule has 3 rings (SSSR count). The predicted octanol–water partition coefficient (Wildman–Crippen LogP) is 1.63. The maximum Gasteiger partial charge on any atom is 0.136 e. The SMILES string of the molecule is COc1cccc(CN2C3COCC2CC(=O)C3)c1. The molecule has 0 aliphatic carbocycles. The zero-order valence-electron chi connectivity index (χ0n) is 11.2. The standard InChI is InChI=1S/C15H19NO3/c1-18-15-4-2-3-11(5-15)8-16-12-6-14(17)7-13(16)10-19-9-12/h2-5,12-13H,6-10H2,1H3. The van der Waals surface area contributed by atoms with E-state index in [1.54, 1.807) is 7.11 Å². The average Bonchev–Trinajstić information content (AvgIpc) is 2.40.